The van der Waals surface area contributed by atoms with Crippen molar-refractivity contribution in [1.82, 2.24) is 0 Å². The molecule has 0 fully saturated rings. The summed E-state index contributed by atoms with van der Waals surface area (Å²) in [4.78, 5) is 37.0. The molecular formula is C35H34O12. The smallest absolute Gasteiger partial charge is 0.233 e. The van der Waals surface area contributed by atoms with Crippen molar-refractivity contribution in [3.63, 3.8) is 0 Å². The van der Waals surface area contributed by atoms with Gasteiger partial charge in [-0.1, -0.05) is 12.1 Å². The average Bonchev–Trinajstić information content (AvgIpc) is 3.08. The summed E-state index contributed by atoms with van der Waals surface area (Å²) in [5.41, 5.74) is 1.85. The van der Waals surface area contributed by atoms with Crippen LogP contribution in [-0.4, -0.2) is 69.3 Å². The van der Waals surface area contributed by atoms with E-state index in [9.17, 15) is 45.0 Å². The fraction of sp³-hybridized carbons (Fsp3) is 0.171. The number of allylic oxidation sites excluding steroid dienone is 1. The standard InChI is InChI=1S/C18H18O6.C17H16O6/c1-23-16-7-11(4-6-15(16)21)3-5-14(20)12-8-13(10-19)18(22)17(9-12)24-2;1-9-5-10(3-4-13(9)19)16(21)17(22)11-6-12(8-18)15(20)14(7-11)23-2/h3-9,19,21-22H,10H2,1-2H3;3-7,18-20H,8H2,1-2H3/b5-3+;. The summed E-state index contributed by atoms with van der Waals surface area (Å²) in [6.07, 6.45) is 2.92. The number of hydrogen-bond acceptors (Lipinski definition) is 12. The topological polar surface area (TPSA) is 200 Å². The van der Waals surface area contributed by atoms with Crippen molar-refractivity contribution in [2.24, 2.45) is 0 Å². The molecule has 0 aromatic heterocycles. The van der Waals surface area contributed by atoms with Crippen LogP contribution in [0.4, 0.5) is 0 Å². The number of aromatic hydroxyl groups is 4. The number of ether oxygens (including phenoxy) is 3. The van der Waals surface area contributed by atoms with Crippen molar-refractivity contribution in [3.05, 3.63) is 106 Å². The third kappa shape index (κ3) is 8.45. The molecule has 0 spiro atoms. The highest BCUT2D eigenvalue weighted by Crippen LogP contribution is 2.33. The van der Waals surface area contributed by atoms with Crippen LogP contribution in [0.25, 0.3) is 6.08 Å². The highest BCUT2D eigenvalue weighted by Gasteiger charge is 2.22. The number of aryl methyl sites for hydroxylation is 1. The van der Waals surface area contributed by atoms with Crippen LogP contribution < -0.4 is 14.2 Å². The van der Waals surface area contributed by atoms with E-state index in [0.717, 1.165) is 0 Å². The van der Waals surface area contributed by atoms with Gasteiger partial charge in [0, 0.05) is 27.8 Å². The number of rotatable bonds is 11. The number of carbonyl (C=O) groups excluding carboxylic acids is 3. The molecule has 6 N–H and O–H groups in total. The number of phenolic OH excluding ortho intramolecular Hbond substituents is 2. The fourth-order valence-corrected chi connectivity index (χ4v) is 4.28. The maximum Gasteiger partial charge on any atom is 0.233 e. The Labute approximate surface area is 270 Å². The molecule has 0 saturated heterocycles. The summed E-state index contributed by atoms with van der Waals surface area (Å²) in [6, 6.07) is 14.1. The molecule has 12 nitrogen and oxygen atoms in total. The molecule has 0 bridgehead atoms. The average molecular weight is 647 g/mol. The van der Waals surface area contributed by atoms with Crippen molar-refractivity contribution >= 4 is 23.4 Å². The zero-order valence-corrected chi connectivity index (χ0v) is 26.0. The van der Waals surface area contributed by atoms with Gasteiger partial charge in [-0.3, -0.25) is 14.4 Å². The van der Waals surface area contributed by atoms with Crippen LogP contribution in [0.2, 0.25) is 0 Å². The van der Waals surface area contributed by atoms with Gasteiger partial charge in [0.1, 0.15) is 5.75 Å². The van der Waals surface area contributed by atoms with Crippen LogP contribution in [0.3, 0.4) is 0 Å². The summed E-state index contributed by atoms with van der Waals surface area (Å²) >= 11 is 0. The lowest BCUT2D eigenvalue weighted by Crippen LogP contribution is -2.15. The summed E-state index contributed by atoms with van der Waals surface area (Å²) in [5, 5.41) is 57.2. The third-order valence-corrected chi connectivity index (χ3v) is 6.93. The van der Waals surface area contributed by atoms with Crippen molar-refractivity contribution in [3.8, 4) is 40.2 Å². The molecule has 0 heterocycles. The molecule has 0 saturated carbocycles. The lowest BCUT2D eigenvalue weighted by atomic mass is 9.98. The summed E-state index contributed by atoms with van der Waals surface area (Å²) in [5.74, 6) is -1.90. The van der Waals surface area contributed by atoms with Crippen molar-refractivity contribution in [1.29, 1.82) is 0 Å². The minimum absolute atomic E-state index is 0.000530. The van der Waals surface area contributed by atoms with E-state index in [-0.39, 0.29) is 68.1 Å². The van der Waals surface area contributed by atoms with E-state index in [2.05, 4.69) is 0 Å². The highest BCUT2D eigenvalue weighted by atomic mass is 16.5. The number of methoxy groups -OCH3 is 3. The predicted octanol–water partition coefficient (Wildman–Crippen LogP) is 4.48. The van der Waals surface area contributed by atoms with Crippen molar-refractivity contribution in [2.45, 2.75) is 20.1 Å². The van der Waals surface area contributed by atoms with E-state index in [1.54, 1.807) is 25.1 Å². The van der Waals surface area contributed by atoms with Gasteiger partial charge < -0.3 is 44.8 Å². The van der Waals surface area contributed by atoms with Gasteiger partial charge in [-0.05, 0) is 78.7 Å². The number of ketones is 3. The van der Waals surface area contributed by atoms with Gasteiger partial charge in [0.15, 0.2) is 40.3 Å². The molecule has 0 aliphatic rings. The molecule has 4 rings (SSSR count). The lowest BCUT2D eigenvalue weighted by Gasteiger charge is -2.10. The second kappa shape index (κ2) is 15.9. The third-order valence-electron chi connectivity index (χ3n) is 6.93. The molecule has 0 unspecified atom stereocenters. The quantitative estimate of drug-likeness (QED) is 0.0760. The van der Waals surface area contributed by atoms with Gasteiger partial charge in [-0.2, -0.15) is 0 Å². The van der Waals surface area contributed by atoms with E-state index >= 15 is 0 Å². The maximum absolute atomic E-state index is 12.4. The normalized spacial score (nSPS) is 10.6. The Hall–Kier alpha value is -5.85. The SMILES string of the molecule is COc1cc(/C=C/C(=O)c2cc(CO)c(O)c(OC)c2)ccc1O.COc1cc(C(=O)C(=O)c2ccc(O)c(C)c2)cc(CO)c1O. The number of Topliss-reactive ketones (excluding diaryl/α,β-unsaturated/α-hetero) is 2. The Balaban J connectivity index is 0.000000256. The Morgan fingerprint density at radius 2 is 1.13 bits per heavy atom. The molecule has 0 amide bonds. The number of aliphatic hydroxyl groups is 2. The first-order valence-electron chi connectivity index (χ1n) is 13.9. The molecule has 0 aliphatic carbocycles. The minimum atomic E-state index is -0.803. The summed E-state index contributed by atoms with van der Waals surface area (Å²) < 4.78 is 15.0. The molecule has 246 valence electrons. The molecule has 0 radical (unpaired) electrons. The Kier molecular flexibility index (Phi) is 12.1. The number of hydrogen-bond donors (Lipinski definition) is 6. The van der Waals surface area contributed by atoms with E-state index in [0.29, 0.717) is 16.9 Å². The molecule has 0 atom stereocenters. The molecule has 12 heteroatoms. The Bertz CT molecular complexity index is 1770. The van der Waals surface area contributed by atoms with Gasteiger partial charge in [0.2, 0.25) is 11.6 Å². The zero-order valence-electron chi connectivity index (χ0n) is 26.0. The summed E-state index contributed by atoms with van der Waals surface area (Å²) in [7, 11) is 4.10. The first kappa shape index (κ1) is 35.6. The molecule has 47 heavy (non-hydrogen) atoms. The fourth-order valence-electron chi connectivity index (χ4n) is 4.28. The van der Waals surface area contributed by atoms with Gasteiger partial charge in [0.25, 0.3) is 0 Å². The Morgan fingerprint density at radius 3 is 1.66 bits per heavy atom. The Morgan fingerprint density at radius 1 is 0.617 bits per heavy atom. The second-order valence-corrected chi connectivity index (χ2v) is 9.98. The van der Waals surface area contributed by atoms with Gasteiger partial charge in [-0.15, -0.1) is 0 Å². The minimum Gasteiger partial charge on any atom is -0.508 e. The van der Waals surface area contributed by atoms with E-state index < -0.39 is 24.8 Å². The molecule has 4 aromatic carbocycles. The second-order valence-electron chi connectivity index (χ2n) is 9.98. The van der Waals surface area contributed by atoms with Gasteiger partial charge >= 0.3 is 0 Å². The van der Waals surface area contributed by atoms with Crippen molar-refractivity contribution < 1.29 is 59.2 Å². The number of phenols is 4. The van der Waals surface area contributed by atoms with Crippen molar-refractivity contribution in [2.75, 3.05) is 21.3 Å². The van der Waals surface area contributed by atoms with Gasteiger partial charge in [-0.25, -0.2) is 0 Å². The predicted molar refractivity (Wildman–Crippen MR) is 171 cm³/mol. The van der Waals surface area contributed by atoms with Crippen LogP contribution in [0.1, 0.15) is 53.3 Å². The van der Waals surface area contributed by atoms with E-state index in [4.69, 9.17) is 14.2 Å². The zero-order chi connectivity index (χ0) is 34.8. The molecule has 0 aliphatic heterocycles. The summed E-state index contributed by atoms with van der Waals surface area (Å²) in [6.45, 7) is 0.696. The van der Waals surface area contributed by atoms with Crippen LogP contribution in [0.15, 0.2) is 66.7 Å². The molecule has 4 aromatic rings. The first-order chi connectivity index (χ1) is 22.4. The number of aliphatic hydroxyl groups excluding tert-OH is 2. The monoisotopic (exact) mass is 646 g/mol. The maximum atomic E-state index is 12.4. The van der Waals surface area contributed by atoms with Crippen LogP contribution in [0, 0.1) is 6.92 Å². The highest BCUT2D eigenvalue weighted by molar-refractivity contribution is 6.49. The number of benzene rings is 4. The lowest BCUT2D eigenvalue weighted by molar-refractivity contribution is 0.0816. The molecular weight excluding hydrogens is 612 g/mol. The van der Waals surface area contributed by atoms with Crippen LogP contribution in [-0.2, 0) is 13.2 Å². The van der Waals surface area contributed by atoms with E-state index in [1.165, 1.54) is 75.9 Å². The number of carbonyl (C=O) groups is 3. The van der Waals surface area contributed by atoms with Crippen LogP contribution >= 0.6 is 0 Å². The van der Waals surface area contributed by atoms with Gasteiger partial charge in [0.05, 0.1) is 34.5 Å². The largest absolute Gasteiger partial charge is 0.508 e. The first-order valence-corrected chi connectivity index (χ1v) is 13.9. The van der Waals surface area contributed by atoms with E-state index in [1.807, 2.05) is 0 Å². The van der Waals surface area contributed by atoms with Crippen LogP contribution in [0.5, 0.6) is 40.2 Å².